The van der Waals surface area contributed by atoms with E-state index >= 15 is 0 Å². The predicted octanol–water partition coefficient (Wildman–Crippen LogP) is 2.46. The van der Waals surface area contributed by atoms with Crippen molar-refractivity contribution in [1.29, 1.82) is 0 Å². The number of rotatable bonds is 5. The molecule has 0 aromatic carbocycles. The third-order valence-electron chi connectivity index (χ3n) is 4.93. The molecule has 0 amide bonds. The van der Waals surface area contributed by atoms with Gasteiger partial charge in [0.1, 0.15) is 0 Å². The zero-order chi connectivity index (χ0) is 15.3. The van der Waals surface area contributed by atoms with Gasteiger partial charge >= 0.3 is 6.18 Å². The lowest BCUT2D eigenvalue weighted by Crippen LogP contribution is -2.54. The van der Waals surface area contributed by atoms with Gasteiger partial charge in [-0.3, -0.25) is 9.80 Å². The molecule has 1 heterocycles. The van der Waals surface area contributed by atoms with Gasteiger partial charge < -0.3 is 5.73 Å². The van der Waals surface area contributed by atoms with E-state index in [1.165, 1.54) is 37.0 Å². The molecule has 1 saturated carbocycles. The molecule has 2 rings (SSSR count). The van der Waals surface area contributed by atoms with Gasteiger partial charge in [-0.2, -0.15) is 13.2 Å². The third-order valence-corrected chi connectivity index (χ3v) is 4.93. The lowest BCUT2D eigenvalue weighted by atomic mass is 9.84. The van der Waals surface area contributed by atoms with Gasteiger partial charge in [-0.25, -0.2) is 0 Å². The monoisotopic (exact) mass is 307 g/mol. The predicted molar refractivity (Wildman–Crippen MR) is 78.1 cm³/mol. The highest BCUT2D eigenvalue weighted by atomic mass is 19.4. The Bertz CT molecular complexity index is 295. The molecule has 2 N–H and O–H groups in total. The van der Waals surface area contributed by atoms with Crippen molar-refractivity contribution in [1.82, 2.24) is 9.80 Å². The van der Waals surface area contributed by atoms with Crippen molar-refractivity contribution < 1.29 is 13.2 Å². The molecule has 2 aliphatic rings. The minimum atomic E-state index is -4.09. The Kier molecular flexibility index (Phi) is 6.32. The zero-order valence-electron chi connectivity index (χ0n) is 12.7. The first-order valence-corrected chi connectivity index (χ1v) is 8.21. The van der Waals surface area contributed by atoms with Gasteiger partial charge in [0.15, 0.2) is 0 Å². The number of halogens is 3. The Morgan fingerprint density at radius 2 is 1.62 bits per heavy atom. The van der Waals surface area contributed by atoms with Crippen molar-refractivity contribution in [2.75, 3.05) is 39.3 Å². The van der Waals surface area contributed by atoms with Crippen LogP contribution in [0.5, 0.6) is 0 Å². The molecule has 3 nitrogen and oxygen atoms in total. The largest absolute Gasteiger partial charge is 0.401 e. The number of hydrogen-bond acceptors (Lipinski definition) is 3. The van der Waals surface area contributed by atoms with Crippen molar-refractivity contribution in [3.8, 4) is 0 Å². The topological polar surface area (TPSA) is 32.5 Å². The van der Waals surface area contributed by atoms with Crippen molar-refractivity contribution in [3.05, 3.63) is 0 Å². The van der Waals surface area contributed by atoms with Crippen LogP contribution >= 0.6 is 0 Å². The van der Waals surface area contributed by atoms with Crippen LogP contribution in [0, 0.1) is 5.92 Å². The summed E-state index contributed by atoms with van der Waals surface area (Å²) in [6, 6.07) is 0.348. The normalized spacial score (nSPS) is 25.1. The lowest BCUT2D eigenvalue weighted by Gasteiger charge is -2.40. The number of hydrogen-bond donors (Lipinski definition) is 1. The van der Waals surface area contributed by atoms with Crippen molar-refractivity contribution >= 4 is 0 Å². The second-order valence-electron chi connectivity index (χ2n) is 6.56. The fourth-order valence-electron chi connectivity index (χ4n) is 3.74. The Labute approximate surface area is 125 Å². The first-order valence-electron chi connectivity index (χ1n) is 8.21. The Hall–Kier alpha value is -0.330. The molecule has 1 unspecified atom stereocenters. The number of alkyl halides is 3. The SMILES string of the molecule is NCC(CC1CCCCC1)N1CCN(CC(F)(F)F)CC1. The van der Waals surface area contributed by atoms with Crippen molar-refractivity contribution in [2.45, 2.75) is 50.7 Å². The smallest absolute Gasteiger partial charge is 0.329 e. The van der Waals surface area contributed by atoms with E-state index in [0.717, 1.165) is 12.3 Å². The first kappa shape index (κ1) is 17.0. The Balaban J connectivity index is 1.76. The summed E-state index contributed by atoms with van der Waals surface area (Å²) in [5.74, 6) is 0.764. The average molecular weight is 307 g/mol. The molecule has 1 saturated heterocycles. The average Bonchev–Trinajstić information content (AvgIpc) is 2.45. The summed E-state index contributed by atoms with van der Waals surface area (Å²) in [5, 5.41) is 0. The van der Waals surface area contributed by atoms with Gasteiger partial charge in [-0.1, -0.05) is 32.1 Å². The van der Waals surface area contributed by atoms with E-state index in [0.29, 0.717) is 38.8 Å². The molecule has 124 valence electrons. The summed E-state index contributed by atoms with van der Waals surface area (Å²) >= 11 is 0. The highest BCUT2D eigenvalue weighted by Gasteiger charge is 2.33. The third kappa shape index (κ3) is 5.75. The maximum Gasteiger partial charge on any atom is 0.401 e. The van der Waals surface area contributed by atoms with Gasteiger partial charge in [-0.05, 0) is 12.3 Å². The standard InChI is InChI=1S/C15H28F3N3/c16-15(17,18)12-20-6-8-21(9-7-20)14(11-19)10-13-4-2-1-3-5-13/h13-14H,1-12,19H2. The molecule has 0 radical (unpaired) electrons. The fraction of sp³-hybridized carbons (Fsp3) is 1.00. The van der Waals surface area contributed by atoms with E-state index in [4.69, 9.17) is 5.73 Å². The summed E-state index contributed by atoms with van der Waals surface area (Å²) in [4.78, 5) is 3.81. The minimum absolute atomic E-state index is 0.348. The van der Waals surface area contributed by atoms with Crippen LogP contribution in [0.2, 0.25) is 0 Å². The van der Waals surface area contributed by atoms with E-state index in [1.807, 2.05) is 0 Å². The Morgan fingerprint density at radius 3 is 2.14 bits per heavy atom. The molecule has 1 aliphatic heterocycles. The minimum Gasteiger partial charge on any atom is -0.329 e. The van der Waals surface area contributed by atoms with Gasteiger partial charge in [-0.15, -0.1) is 0 Å². The molecule has 0 bridgehead atoms. The van der Waals surface area contributed by atoms with Crippen LogP contribution in [0.25, 0.3) is 0 Å². The summed E-state index contributed by atoms with van der Waals surface area (Å²) in [6.07, 6.45) is 3.62. The van der Waals surface area contributed by atoms with Crippen molar-refractivity contribution in [3.63, 3.8) is 0 Å². The molecule has 1 atom stereocenters. The molecule has 0 aromatic rings. The number of nitrogens with zero attached hydrogens (tertiary/aromatic N) is 2. The Morgan fingerprint density at radius 1 is 1.00 bits per heavy atom. The molecule has 6 heteroatoms. The van der Waals surface area contributed by atoms with Gasteiger partial charge in [0.25, 0.3) is 0 Å². The highest BCUT2D eigenvalue weighted by molar-refractivity contribution is 4.82. The molecular formula is C15H28F3N3. The van der Waals surface area contributed by atoms with E-state index in [-0.39, 0.29) is 0 Å². The van der Waals surface area contributed by atoms with E-state index < -0.39 is 12.7 Å². The molecule has 21 heavy (non-hydrogen) atoms. The summed E-state index contributed by atoms with van der Waals surface area (Å²) in [6.45, 7) is 2.27. The molecule has 0 aromatic heterocycles. The summed E-state index contributed by atoms with van der Waals surface area (Å²) < 4.78 is 37.2. The lowest BCUT2D eigenvalue weighted by molar-refractivity contribution is -0.149. The second kappa shape index (κ2) is 7.79. The molecule has 1 aliphatic carbocycles. The summed E-state index contributed by atoms with van der Waals surface area (Å²) in [7, 11) is 0. The number of nitrogens with two attached hydrogens (primary N) is 1. The van der Waals surface area contributed by atoms with E-state index in [2.05, 4.69) is 4.90 Å². The van der Waals surface area contributed by atoms with E-state index in [9.17, 15) is 13.2 Å². The second-order valence-corrected chi connectivity index (χ2v) is 6.56. The maximum absolute atomic E-state index is 12.4. The number of piperazine rings is 1. The molecule has 2 fully saturated rings. The summed E-state index contributed by atoms with van der Waals surface area (Å²) in [5.41, 5.74) is 5.92. The van der Waals surface area contributed by atoms with E-state index in [1.54, 1.807) is 0 Å². The molecule has 0 spiro atoms. The van der Waals surface area contributed by atoms with Crippen LogP contribution < -0.4 is 5.73 Å². The first-order chi connectivity index (χ1) is 9.98. The highest BCUT2D eigenvalue weighted by Crippen LogP contribution is 2.28. The van der Waals surface area contributed by atoms with Crippen LogP contribution in [0.1, 0.15) is 38.5 Å². The van der Waals surface area contributed by atoms with Crippen LogP contribution in [0.4, 0.5) is 13.2 Å². The quantitative estimate of drug-likeness (QED) is 0.847. The van der Waals surface area contributed by atoms with Crippen LogP contribution in [-0.4, -0.2) is 61.3 Å². The van der Waals surface area contributed by atoms with Gasteiger partial charge in [0, 0.05) is 38.8 Å². The maximum atomic E-state index is 12.4. The van der Waals surface area contributed by atoms with Crippen LogP contribution in [0.3, 0.4) is 0 Å². The zero-order valence-corrected chi connectivity index (χ0v) is 12.7. The molecular weight excluding hydrogens is 279 g/mol. The van der Waals surface area contributed by atoms with Crippen LogP contribution in [0.15, 0.2) is 0 Å². The van der Waals surface area contributed by atoms with Crippen LogP contribution in [-0.2, 0) is 0 Å². The fourth-order valence-corrected chi connectivity index (χ4v) is 3.74. The van der Waals surface area contributed by atoms with Gasteiger partial charge in [0.05, 0.1) is 6.54 Å². The van der Waals surface area contributed by atoms with Crippen molar-refractivity contribution in [2.24, 2.45) is 11.7 Å². The van der Waals surface area contributed by atoms with Gasteiger partial charge in [0.2, 0.25) is 0 Å².